The van der Waals surface area contributed by atoms with Gasteiger partial charge >= 0.3 is 0 Å². The normalized spacial score (nSPS) is 10.3. The molecule has 98 valence electrons. The van der Waals surface area contributed by atoms with Crippen LogP contribution in [0.2, 0.25) is 0 Å². The van der Waals surface area contributed by atoms with Gasteiger partial charge in [0.2, 0.25) is 0 Å². The molecule has 0 aliphatic carbocycles. The standard InChI is InChI=1S/C14H11F2NO2/c1-8-6-9(15)3-5-12(8)17-14(19)11-4-2-10(16)7-13(11)18/h2-7,18H,1H3,(H,17,19). The van der Waals surface area contributed by atoms with Crippen LogP contribution in [0, 0.1) is 18.6 Å². The SMILES string of the molecule is Cc1cc(F)ccc1NC(=O)c1ccc(F)cc1O. The molecule has 0 aliphatic rings. The molecule has 3 nitrogen and oxygen atoms in total. The van der Waals surface area contributed by atoms with Crippen LogP contribution in [0.3, 0.4) is 0 Å². The van der Waals surface area contributed by atoms with Crippen molar-refractivity contribution < 1.29 is 18.7 Å². The molecule has 0 saturated heterocycles. The van der Waals surface area contributed by atoms with Crippen LogP contribution in [0.15, 0.2) is 36.4 Å². The molecule has 2 N–H and O–H groups in total. The molecular formula is C14H11F2NO2. The summed E-state index contributed by atoms with van der Waals surface area (Å²) in [4.78, 5) is 11.9. The van der Waals surface area contributed by atoms with E-state index in [0.717, 1.165) is 12.1 Å². The predicted molar refractivity (Wildman–Crippen MR) is 67.2 cm³/mol. The highest BCUT2D eigenvalue weighted by atomic mass is 19.1. The van der Waals surface area contributed by atoms with E-state index in [2.05, 4.69) is 5.32 Å². The lowest BCUT2D eigenvalue weighted by atomic mass is 10.1. The Morgan fingerprint density at radius 2 is 1.74 bits per heavy atom. The van der Waals surface area contributed by atoms with Crippen molar-refractivity contribution in [2.45, 2.75) is 6.92 Å². The van der Waals surface area contributed by atoms with Crippen LogP contribution < -0.4 is 5.32 Å². The molecule has 2 rings (SSSR count). The number of carbonyl (C=O) groups is 1. The summed E-state index contributed by atoms with van der Waals surface area (Å²) in [5.74, 6) is -2.07. The van der Waals surface area contributed by atoms with Crippen molar-refractivity contribution in [3.63, 3.8) is 0 Å². The lowest BCUT2D eigenvalue weighted by Crippen LogP contribution is -2.13. The fourth-order valence-corrected chi connectivity index (χ4v) is 1.65. The number of aromatic hydroxyl groups is 1. The van der Waals surface area contributed by atoms with Crippen LogP contribution in [0.25, 0.3) is 0 Å². The Morgan fingerprint density at radius 3 is 2.37 bits per heavy atom. The van der Waals surface area contributed by atoms with Crippen molar-refractivity contribution in [2.24, 2.45) is 0 Å². The minimum absolute atomic E-state index is 0.0508. The van der Waals surface area contributed by atoms with E-state index in [1.807, 2.05) is 0 Å². The number of rotatable bonds is 2. The molecule has 2 aromatic carbocycles. The van der Waals surface area contributed by atoms with Crippen LogP contribution in [-0.4, -0.2) is 11.0 Å². The van der Waals surface area contributed by atoms with E-state index >= 15 is 0 Å². The lowest BCUT2D eigenvalue weighted by molar-refractivity contribution is 0.102. The van der Waals surface area contributed by atoms with Gasteiger partial charge in [0.25, 0.3) is 5.91 Å². The molecule has 0 spiro atoms. The van der Waals surface area contributed by atoms with Crippen molar-refractivity contribution in [3.05, 3.63) is 59.2 Å². The maximum atomic E-state index is 12.9. The summed E-state index contributed by atoms with van der Waals surface area (Å²) in [6.45, 7) is 1.64. The van der Waals surface area contributed by atoms with Crippen LogP contribution in [0.1, 0.15) is 15.9 Å². The Balaban J connectivity index is 2.25. The van der Waals surface area contributed by atoms with Crippen LogP contribution >= 0.6 is 0 Å². The van der Waals surface area contributed by atoms with Gasteiger partial charge in [-0.15, -0.1) is 0 Å². The number of benzene rings is 2. The summed E-state index contributed by atoms with van der Waals surface area (Å²) in [5, 5.41) is 12.0. The van der Waals surface area contributed by atoms with Crippen molar-refractivity contribution in [1.82, 2.24) is 0 Å². The number of phenolic OH excluding ortho intramolecular Hbond substituents is 1. The maximum absolute atomic E-state index is 12.9. The fraction of sp³-hybridized carbons (Fsp3) is 0.0714. The number of phenols is 1. The minimum Gasteiger partial charge on any atom is -0.507 e. The average Bonchev–Trinajstić information content (AvgIpc) is 2.32. The van der Waals surface area contributed by atoms with Gasteiger partial charge in [-0.25, -0.2) is 8.78 Å². The topological polar surface area (TPSA) is 49.3 Å². The number of nitrogens with one attached hydrogen (secondary N) is 1. The van der Waals surface area contributed by atoms with E-state index in [-0.39, 0.29) is 5.56 Å². The van der Waals surface area contributed by atoms with Crippen LogP contribution in [-0.2, 0) is 0 Å². The second kappa shape index (κ2) is 5.06. The average molecular weight is 263 g/mol. The molecule has 0 unspecified atom stereocenters. The molecule has 0 atom stereocenters. The Bertz CT molecular complexity index is 641. The Hall–Kier alpha value is -2.43. The third-order valence-electron chi connectivity index (χ3n) is 2.64. The van der Waals surface area contributed by atoms with Crippen molar-refractivity contribution in [3.8, 4) is 5.75 Å². The zero-order valence-corrected chi connectivity index (χ0v) is 10.1. The summed E-state index contributed by atoms with van der Waals surface area (Å²) in [6, 6.07) is 7.02. The quantitative estimate of drug-likeness (QED) is 0.873. The maximum Gasteiger partial charge on any atom is 0.259 e. The van der Waals surface area contributed by atoms with Crippen molar-refractivity contribution in [2.75, 3.05) is 5.32 Å². The third-order valence-corrected chi connectivity index (χ3v) is 2.64. The monoisotopic (exact) mass is 263 g/mol. The zero-order valence-electron chi connectivity index (χ0n) is 10.1. The number of aryl methyl sites for hydroxylation is 1. The number of carbonyl (C=O) groups excluding carboxylic acids is 1. The van der Waals surface area contributed by atoms with Gasteiger partial charge in [0.15, 0.2) is 0 Å². The second-order valence-corrected chi connectivity index (χ2v) is 4.07. The molecular weight excluding hydrogens is 252 g/mol. The van der Waals surface area contributed by atoms with Gasteiger partial charge in [0.05, 0.1) is 5.56 Å². The van der Waals surface area contributed by atoms with E-state index in [1.54, 1.807) is 6.92 Å². The highest BCUT2D eigenvalue weighted by molar-refractivity contribution is 6.06. The second-order valence-electron chi connectivity index (χ2n) is 4.07. The predicted octanol–water partition coefficient (Wildman–Crippen LogP) is 3.23. The zero-order chi connectivity index (χ0) is 14.0. The first-order valence-electron chi connectivity index (χ1n) is 5.53. The number of hydrogen-bond acceptors (Lipinski definition) is 2. The first kappa shape index (κ1) is 13.0. The lowest BCUT2D eigenvalue weighted by Gasteiger charge is -2.09. The molecule has 19 heavy (non-hydrogen) atoms. The minimum atomic E-state index is -0.632. The summed E-state index contributed by atoms with van der Waals surface area (Å²) in [7, 11) is 0. The van der Waals surface area contributed by atoms with Gasteiger partial charge in [-0.05, 0) is 42.8 Å². The first-order valence-corrected chi connectivity index (χ1v) is 5.53. The van der Waals surface area contributed by atoms with E-state index in [1.165, 1.54) is 24.3 Å². The molecule has 0 aromatic heterocycles. The van der Waals surface area contributed by atoms with Gasteiger partial charge < -0.3 is 10.4 Å². The first-order chi connectivity index (χ1) is 8.97. The smallest absolute Gasteiger partial charge is 0.259 e. The van der Waals surface area contributed by atoms with E-state index in [9.17, 15) is 18.7 Å². The van der Waals surface area contributed by atoms with Crippen LogP contribution in [0.5, 0.6) is 5.75 Å². The van der Waals surface area contributed by atoms with E-state index in [4.69, 9.17) is 0 Å². The van der Waals surface area contributed by atoms with Gasteiger partial charge in [-0.3, -0.25) is 4.79 Å². The van der Waals surface area contributed by atoms with Crippen molar-refractivity contribution >= 4 is 11.6 Å². The molecule has 0 fully saturated rings. The molecule has 1 amide bonds. The highest BCUT2D eigenvalue weighted by Crippen LogP contribution is 2.21. The third kappa shape index (κ3) is 2.88. The molecule has 0 saturated carbocycles. The van der Waals surface area contributed by atoms with Crippen LogP contribution in [0.4, 0.5) is 14.5 Å². The van der Waals surface area contributed by atoms with Gasteiger partial charge in [0.1, 0.15) is 17.4 Å². The van der Waals surface area contributed by atoms with Crippen molar-refractivity contribution in [1.29, 1.82) is 0 Å². The Kier molecular flexibility index (Phi) is 3.46. The molecule has 0 aliphatic heterocycles. The molecule has 2 aromatic rings. The summed E-state index contributed by atoms with van der Waals surface area (Å²) in [5.41, 5.74) is 0.926. The Labute approximate surface area is 108 Å². The highest BCUT2D eigenvalue weighted by Gasteiger charge is 2.13. The molecule has 5 heteroatoms. The Morgan fingerprint density at radius 1 is 1.11 bits per heavy atom. The van der Waals surface area contributed by atoms with Gasteiger partial charge in [0, 0.05) is 11.8 Å². The number of anilines is 1. The largest absolute Gasteiger partial charge is 0.507 e. The molecule has 0 radical (unpaired) electrons. The molecule has 0 heterocycles. The number of hydrogen-bond donors (Lipinski definition) is 2. The van der Waals surface area contributed by atoms with Gasteiger partial charge in [-0.1, -0.05) is 0 Å². The summed E-state index contributed by atoms with van der Waals surface area (Å²) in [6.07, 6.45) is 0. The molecule has 0 bridgehead atoms. The summed E-state index contributed by atoms with van der Waals surface area (Å²) >= 11 is 0. The fourth-order valence-electron chi connectivity index (χ4n) is 1.65. The summed E-state index contributed by atoms with van der Waals surface area (Å²) < 4.78 is 25.7. The number of halogens is 2. The van der Waals surface area contributed by atoms with Gasteiger partial charge in [-0.2, -0.15) is 0 Å². The van der Waals surface area contributed by atoms with E-state index < -0.39 is 23.3 Å². The van der Waals surface area contributed by atoms with E-state index in [0.29, 0.717) is 11.3 Å². The number of amides is 1.